The first-order valence-electron chi connectivity index (χ1n) is 7.05. The monoisotopic (exact) mass is 278 g/mol. The fourth-order valence-electron chi connectivity index (χ4n) is 2.11. The van der Waals surface area contributed by atoms with Crippen molar-refractivity contribution in [2.45, 2.75) is 46.1 Å². The third-order valence-corrected chi connectivity index (χ3v) is 2.97. The summed E-state index contributed by atoms with van der Waals surface area (Å²) in [6.07, 6.45) is 1.24. The first kappa shape index (κ1) is 16.5. The third-order valence-electron chi connectivity index (χ3n) is 2.97. The fourth-order valence-corrected chi connectivity index (χ4v) is 2.11. The Balaban J connectivity index is 2.27. The van der Waals surface area contributed by atoms with E-state index >= 15 is 0 Å². The molecule has 0 aliphatic rings. The third kappa shape index (κ3) is 7.14. The fraction of sp³-hybridized carbons (Fsp3) is 0.562. The van der Waals surface area contributed by atoms with Gasteiger partial charge in [-0.1, -0.05) is 32.9 Å². The van der Waals surface area contributed by atoms with Crippen LogP contribution in [0, 0.1) is 5.41 Å². The highest BCUT2D eigenvalue weighted by Crippen LogP contribution is 2.20. The molecule has 20 heavy (non-hydrogen) atoms. The largest absolute Gasteiger partial charge is 0.399 e. The molecule has 1 rings (SSSR count). The van der Waals surface area contributed by atoms with Crippen molar-refractivity contribution < 1.29 is 9.90 Å². The summed E-state index contributed by atoms with van der Waals surface area (Å²) < 4.78 is 0. The Morgan fingerprint density at radius 3 is 2.70 bits per heavy atom. The maximum Gasteiger partial charge on any atom is 0.220 e. The Kier molecular flexibility index (Phi) is 6.02. The Labute approximate surface area is 121 Å². The molecule has 4 N–H and O–H groups in total. The van der Waals surface area contributed by atoms with Crippen molar-refractivity contribution in [2.24, 2.45) is 5.41 Å². The van der Waals surface area contributed by atoms with Gasteiger partial charge < -0.3 is 16.2 Å². The molecule has 0 bridgehead atoms. The minimum absolute atomic E-state index is 0.0413. The van der Waals surface area contributed by atoms with Crippen LogP contribution in [0.15, 0.2) is 24.3 Å². The number of hydrogen-bond acceptors (Lipinski definition) is 3. The minimum Gasteiger partial charge on any atom is -0.399 e. The van der Waals surface area contributed by atoms with Crippen molar-refractivity contribution in [3.05, 3.63) is 29.8 Å². The second kappa shape index (κ2) is 7.29. The van der Waals surface area contributed by atoms with E-state index in [1.165, 1.54) is 0 Å². The molecule has 0 radical (unpaired) electrons. The van der Waals surface area contributed by atoms with E-state index in [-0.39, 0.29) is 11.3 Å². The number of amides is 1. The number of aryl methyl sites for hydroxylation is 1. The minimum atomic E-state index is -0.494. The molecular weight excluding hydrogens is 252 g/mol. The van der Waals surface area contributed by atoms with Gasteiger partial charge in [0.05, 0.1) is 6.10 Å². The maximum absolute atomic E-state index is 11.7. The summed E-state index contributed by atoms with van der Waals surface area (Å²) in [6.45, 7) is 6.51. The predicted octanol–water partition coefficient (Wildman–Crippen LogP) is 2.11. The van der Waals surface area contributed by atoms with Crippen molar-refractivity contribution in [2.75, 3.05) is 12.3 Å². The van der Waals surface area contributed by atoms with Gasteiger partial charge in [0.15, 0.2) is 0 Å². The highest BCUT2D eigenvalue weighted by molar-refractivity contribution is 5.76. The molecule has 0 fully saturated rings. The highest BCUT2D eigenvalue weighted by Gasteiger charge is 2.17. The Bertz CT molecular complexity index is 438. The quantitative estimate of drug-likeness (QED) is 0.698. The second-order valence-electron chi connectivity index (χ2n) is 6.47. The Morgan fingerprint density at radius 1 is 1.40 bits per heavy atom. The number of aliphatic hydroxyl groups excluding tert-OH is 1. The number of nitrogens with two attached hydrogens (primary N) is 1. The molecule has 0 aromatic heterocycles. The second-order valence-corrected chi connectivity index (χ2v) is 6.47. The average Bonchev–Trinajstić information content (AvgIpc) is 2.32. The number of carbonyl (C=O) groups is 1. The van der Waals surface area contributed by atoms with Crippen molar-refractivity contribution in [1.29, 1.82) is 0 Å². The smallest absolute Gasteiger partial charge is 0.220 e. The van der Waals surface area contributed by atoms with Crippen LogP contribution in [0.5, 0.6) is 0 Å². The van der Waals surface area contributed by atoms with Crippen LogP contribution in [0.2, 0.25) is 0 Å². The van der Waals surface area contributed by atoms with Gasteiger partial charge in [-0.15, -0.1) is 0 Å². The first-order valence-corrected chi connectivity index (χ1v) is 7.05. The Morgan fingerprint density at radius 2 is 2.10 bits per heavy atom. The molecular formula is C16H26N2O2. The summed E-state index contributed by atoms with van der Waals surface area (Å²) in [5.41, 5.74) is 7.51. The summed E-state index contributed by atoms with van der Waals surface area (Å²) in [4.78, 5) is 11.7. The predicted molar refractivity (Wildman–Crippen MR) is 82.3 cm³/mol. The normalized spacial score (nSPS) is 13.0. The molecule has 1 atom stereocenters. The van der Waals surface area contributed by atoms with Gasteiger partial charge in [0.2, 0.25) is 5.91 Å². The maximum atomic E-state index is 11.7. The molecule has 112 valence electrons. The number of hydrogen-bond donors (Lipinski definition) is 3. The number of benzene rings is 1. The van der Waals surface area contributed by atoms with E-state index in [9.17, 15) is 9.90 Å². The van der Waals surface area contributed by atoms with Gasteiger partial charge in [-0.05, 0) is 36.0 Å². The van der Waals surface area contributed by atoms with Crippen LogP contribution in [0.4, 0.5) is 5.69 Å². The summed E-state index contributed by atoms with van der Waals surface area (Å²) in [5, 5.41) is 12.6. The molecule has 1 aromatic carbocycles. The molecule has 0 aliphatic carbocycles. The lowest BCUT2D eigenvalue weighted by atomic mass is 9.89. The molecule has 0 saturated heterocycles. The topological polar surface area (TPSA) is 75.3 Å². The summed E-state index contributed by atoms with van der Waals surface area (Å²) in [7, 11) is 0. The van der Waals surface area contributed by atoms with Crippen LogP contribution < -0.4 is 11.1 Å². The molecule has 1 unspecified atom stereocenters. The van der Waals surface area contributed by atoms with Crippen molar-refractivity contribution in [3.8, 4) is 0 Å². The van der Waals surface area contributed by atoms with Crippen molar-refractivity contribution >= 4 is 11.6 Å². The van der Waals surface area contributed by atoms with E-state index in [4.69, 9.17) is 5.73 Å². The van der Waals surface area contributed by atoms with Crippen LogP contribution in [-0.4, -0.2) is 23.7 Å². The summed E-state index contributed by atoms with van der Waals surface area (Å²) >= 11 is 0. The van der Waals surface area contributed by atoms with E-state index in [2.05, 4.69) is 26.1 Å². The van der Waals surface area contributed by atoms with Gasteiger partial charge in [0.25, 0.3) is 0 Å². The lowest BCUT2D eigenvalue weighted by Gasteiger charge is -2.22. The zero-order chi connectivity index (χ0) is 15.2. The van der Waals surface area contributed by atoms with Crippen LogP contribution in [0.25, 0.3) is 0 Å². The molecule has 1 aromatic rings. The van der Waals surface area contributed by atoms with E-state index in [0.717, 1.165) is 5.56 Å². The van der Waals surface area contributed by atoms with Gasteiger partial charge in [0.1, 0.15) is 0 Å². The number of rotatable bonds is 6. The van der Waals surface area contributed by atoms with Crippen LogP contribution in [0.3, 0.4) is 0 Å². The van der Waals surface area contributed by atoms with Crippen LogP contribution in [0.1, 0.15) is 39.2 Å². The lowest BCUT2D eigenvalue weighted by Crippen LogP contribution is -2.34. The standard InChI is InChI=1S/C16H26N2O2/c1-16(2,3)10-14(19)11-18-15(20)8-7-12-5-4-6-13(17)9-12/h4-6,9,14,19H,7-8,10-11,17H2,1-3H3,(H,18,20). The average molecular weight is 278 g/mol. The van der Waals surface area contributed by atoms with Gasteiger partial charge in [0, 0.05) is 18.7 Å². The van der Waals surface area contributed by atoms with Gasteiger partial charge in [-0.25, -0.2) is 0 Å². The van der Waals surface area contributed by atoms with Gasteiger partial charge in [-0.2, -0.15) is 0 Å². The number of anilines is 1. The molecule has 0 heterocycles. The molecule has 1 amide bonds. The zero-order valence-electron chi connectivity index (χ0n) is 12.6. The van der Waals surface area contributed by atoms with E-state index in [0.29, 0.717) is 31.5 Å². The van der Waals surface area contributed by atoms with Gasteiger partial charge >= 0.3 is 0 Å². The number of carbonyl (C=O) groups excluding carboxylic acids is 1. The Hall–Kier alpha value is -1.55. The number of nitrogens with one attached hydrogen (secondary N) is 1. The van der Waals surface area contributed by atoms with E-state index in [1.54, 1.807) is 0 Å². The molecule has 4 heteroatoms. The molecule has 0 saturated carbocycles. The van der Waals surface area contributed by atoms with Crippen LogP contribution in [-0.2, 0) is 11.2 Å². The molecule has 4 nitrogen and oxygen atoms in total. The summed E-state index contributed by atoms with van der Waals surface area (Å²) in [5.74, 6) is -0.0413. The van der Waals surface area contributed by atoms with Gasteiger partial charge in [-0.3, -0.25) is 4.79 Å². The highest BCUT2D eigenvalue weighted by atomic mass is 16.3. The molecule has 0 aliphatic heterocycles. The van der Waals surface area contributed by atoms with Crippen LogP contribution >= 0.6 is 0 Å². The lowest BCUT2D eigenvalue weighted by molar-refractivity contribution is -0.121. The zero-order valence-corrected chi connectivity index (χ0v) is 12.6. The van der Waals surface area contributed by atoms with E-state index < -0.39 is 6.10 Å². The molecule has 0 spiro atoms. The SMILES string of the molecule is CC(C)(C)CC(O)CNC(=O)CCc1cccc(N)c1. The first-order chi connectivity index (χ1) is 9.26. The number of aliphatic hydroxyl groups is 1. The number of nitrogen functional groups attached to an aromatic ring is 1. The van der Waals surface area contributed by atoms with Crippen molar-refractivity contribution in [3.63, 3.8) is 0 Å². The van der Waals surface area contributed by atoms with Crippen molar-refractivity contribution in [1.82, 2.24) is 5.32 Å². The summed E-state index contributed by atoms with van der Waals surface area (Å²) in [6, 6.07) is 7.54. The van der Waals surface area contributed by atoms with E-state index in [1.807, 2.05) is 24.3 Å².